The number of carbonyl (C=O) groups is 1. The monoisotopic (exact) mass is 295 g/mol. The van der Waals surface area contributed by atoms with E-state index < -0.39 is 0 Å². The van der Waals surface area contributed by atoms with Crippen molar-refractivity contribution in [1.29, 1.82) is 0 Å². The molecule has 1 aromatic heterocycles. The van der Waals surface area contributed by atoms with Gasteiger partial charge in [0.05, 0.1) is 10.7 Å². The van der Waals surface area contributed by atoms with Crippen LogP contribution in [0.1, 0.15) is 60.7 Å². The van der Waals surface area contributed by atoms with Crippen LogP contribution in [0.15, 0.2) is 0 Å². The van der Waals surface area contributed by atoms with Crippen molar-refractivity contribution in [2.75, 3.05) is 24.6 Å². The van der Waals surface area contributed by atoms with Crippen LogP contribution < -0.4 is 16.4 Å². The summed E-state index contributed by atoms with van der Waals surface area (Å²) in [6.07, 6.45) is 4.74. The Bertz CT molecular complexity index is 478. The smallest absolute Gasteiger partial charge is 0.263 e. The zero-order chi connectivity index (χ0) is 14.7. The molecule has 0 unspecified atom stereocenters. The molecule has 4 nitrogen and oxygen atoms in total. The second kappa shape index (κ2) is 6.48. The van der Waals surface area contributed by atoms with E-state index in [-0.39, 0.29) is 5.91 Å². The first-order valence-corrected chi connectivity index (χ1v) is 8.24. The number of thiophene rings is 1. The van der Waals surface area contributed by atoms with Crippen LogP contribution in [0.4, 0.5) is 10.7 Å². The maximum absolute atomic E-state index is 11.9. The summed E-state index contributed by atoms with van der Waals surface area (Å²) in [7, 11) is 1.65. The summed E-state index contributed by atoms with van der Waals surface area (Å²) in [4.78, 5) is 12.5. The van der Waals surface area contributed by atoms with Crippen LogP contribution in [0.3, 0.4) is 0 Å². The molecular weight excluding hydrogens is 270 g/mol. The number of amides is 1. The molecule has 0 aromatic carbocycles. The Labute approximate surface area is 125 Å². The Kier molecular flexibility index (Phi) is 4.91. The van der Waals surface area contributed by atoms with E-state index in [4.69, 9.17) is 5.73 Å². The molecule has 1 aliphatic rings. The number of nitrogens with one attached hydrogen (secondary N) is 2. The van der Waals surface area contributed by atoms with Crippen LogP contribution in [-0.4, -0.2) is 19.5 Å². The Morgan fingerprint density at radius 1 is 1.45 bits per heavy atom. The first-order chi connectivity index (χ1) is 9.54. The highest BCUT2D eigenvalue weighted by Crippen LogP contribution is 2.50. The van der Waals surface area contributed by atoms with Gasteiger partial charge in [-0.2, -0.15) is 0 Å². The number of carbonyl (C=O) groups excluding carboxylic acids is 1. The van der Waals surface area contributed by atoms with Crippen molar-refractivity contribution in [2.24, 2.45) is 5.92 Å². The van der Waals surface area contributed by atoms with E-state index in [9.17, 15) is 4.79 Å². The molecule has 0 bridgehead atoms. The molecule has 0 saturated heterocycles. The summed E-state index contributed by atoms with van der Waals surface area (Å²) in [5, 5.41) is 7.26. The lowest BCUT2D eigenvalue weighted by Gasteiger charge is -2.08. The van der Waals surface area contributed by atoms with Crippen LogP contribution in [0.25, 0.3) is 0 Å². The van der Waals surface area contributed by atoms with Crippen LogP contribution in [0.5, 0.6) is 0 Å². The maximum Gasteiger partial charge on any atom is 0.263 e. The Morgan fingerprint density at radius 2 is 2.15 bits per heavy atom. The molecule has 1 heterocycles. The average Bonchev–Trinajstić information content (AvgIpc) is 3.18. The summed E-state index contributed by atoms with van der Waals surface area (Å²) in [6.45, 7) is 5.43. The summed E-state index contributed by atoms with van der Waals surface area (Å²) < 4.78 is 0. The molecule has 0 radical (unpaired) electrons. The number of hydrogen-bond donors (Lipinski definition) is 3. The van der Waals surface area contributed by atoms with Crippen LogP contribution in [-0.2, 0) is 0 Å². The maximum atomic E-state index is 11.9. The minimum atomic E-state index is -0.0790. The fourth-order valence-electron chi connectivity index (χ4n) is 2.36. The van der Waals surface area contributed by atoms with Gasteiger partial charge in [-0.3, -0.25) is 4.79 Å². The Morgan fingerprint density at radius 3 is 2.70 bits per heavy atom. The lowest BCUT2D eigenvalue weighted by Crippen LogP contribution is -2.17. The van der Waals surface area contributed by atoms with E-state index in [2.05, 4.69) is 24.5 Å². The first kappa shape index (κ1) is 15.2. The molecule has 0 aliphatic heterocycles. The van der Waals surface area contributed by atoms with E-state index >= 15 is 0 Å². The van der Waals surface area contributed by atoms with Gasteiger partial charge >= 0.3 is 0 Å². The van der Waals surface area contributed by atoms with Gasteiger partial charge in [-0.25, -0.2) is 0 Å². The molecule has 0 spiro atoms. The predicted octanol–water partition coefficient (Wildman–Crippen LogP) is 3.42. The van der Waals surface area contributed by atoms with Crippen molar-refractivity contribution in [3.05, 3.63) is 10.4 Å². The third-order valence-corrected chi connectivity index (χ3v) is 4.82. The topological polar surface area (TPSA) is 67.2 Å². The van der Waals surface area contributed by atoms with E-state index in [0.717, 1.165) is 23.9 Å². The fraction of sp³-hybridized carbons (Fsp3) is 0.667. The average molecular weight is 295 g/mol. The van der Waals surface area contributed by atoms with Crippen LogP contribution in [0.2, 0.25) is 0 Å². The number of hydrogen-bond acceptors (Lipinski definition) is 4. The molecule has 1 saturated carbocycles. The van der Waals surface area contributed by atoms with Crippen molar-refractivity contribution in [2.45, 2.75) is 45.4 Å². The molecule has 4 N–H and O–H groups in total. The zero-order valence-corrected chi connectivity index (χ0v) is 13.4. The molecule has 1 amide bonds. The molecule has 1 fully saturated rings. The molecular formula is C15H25N3OS. The highest BCUT2D eigenvalue weighted by molar-refractivity contribution is 7.18. The zero-order valence-electron chi connectivity index (χ0n) is 12.6. The van der Waals surface area contributed by atoms with Gasteiger partial charge in [-0.15, -0.1) is 11.3 Å². The summed E-state index contributed by atoms with van der Waals surface area (Å²) in [5.74, 6) is 1.21. The van der Waals surface area contributed by atoms with Gasteiger partial charge in [-0.1, -0.05) is 13.8 Å². The third kappa shape index (κ3) is 3.45. The molecule has 5 heteroatoms. The Balaban J connectivity index is 2.08. The second-order valence-electron chi connectivity index (χ2n) is 5.90. The van der Waals surface area contributed by atoms with Gasteiger partial charge in [-0.05, 0) is 37.5 Å². The van der Waals surface area contributed by atoms with Crippen molar-refractivity contribution in [1.82, 2.24) is 5.32 Å². The molecule has 2 rings (SSSR count). The molecule has 112 valence electrons. The lowest BCUT2D eigenvalue weighted by atomic mass is 10.1. The number of rotatable bonds is 7. The minimum absolute atomic E-state index is 0.0790. The number of anilines is 2. The molecule has 20 heavy (non-hydrogen) atoms. The van der Waals surface area contributed by atoms with Gasteiger partial charge in [0.2, 0.25) is 0 Å². The summed E-state index contributed by atoms with van der Waals surface area (Å²) >= 11 is 1.50. The van der Waals surface area contributed by atoms with Crippen molar-refractivity contribution >= 4 is 27.9 Å². The van der Waals surface area contributed by atoms with Gasteiger partial charge in [0.15, 0.2) is 0 Å². The second-order valence-corrected chi connectivity index (χ2v) is 6.92. The summed E-state index contributed by atoms with van der Waals surface area (Å²) in [6, 6.07) is 0. The largest absolute Gasteiger partial charge is 0.397 e. The fourth-order valence-corrected chi connectivity index (χ4v) is 3.54. The Hall–Kier alpha value is -1.23. The van der Waals surface area contributed by atoms with Crippen molar-refractivity contribution in [3.8, 4) is 0 Å². The van der Waals surface area contributed by atoms with Crippen LogP contribution >= 0.6 is 11.3 Å². The van der Waals surface area contributed by atoms with Gasteiger partial charge < -0.3 is 16.4 Å². The highest BCUT2D eigenvalue weighted by atomic mass is 32.1. The quantitative estimate of drug-likeness (QED) is 0.675. The third-order valence-electron chi connectivity index (χ3n) is 3.65. The molecule has 0 atom stereocenters. The number of nitrogen functional groups attached to an aromatic ring is 1. The van der Waals surface area contributed by atoms with Gasteiger partial charge in [0.25, 0.3) is 5.91 Å². The van der Waals surface area contributed by atoms with E-state index in [1.54, 1.807) is 7.05 Å². The standard InChI is InChI=1S/C15H25N3OS/c1-9(2)5-4-8-18-15-11(10-6-7-10)12(16)13(20-15)14(19)17-3/h9-10,18H,4-8,16H2,1-3H3,(H,17,19). The summed E-state index contributed by atoms with van der Waals surface area (Å²) in [5.41, 5.74) is 8.05. The number of nitrogens with two attached hydrogens (primary N) is 1. The van der Waals surface area contributed by atoms with E-state index in [1.165, 1.54) is 36.2 Å². The van der Waals surface area contributed by atoms with Crippen molar-refractivity contribution in [3.63, 3.8) is 0 Å². The molecule has 1 aliphatic carbocycles. The van der Waals surface area contributed by atoms with Gasteiger partial charge in [0.1, 0.15) is 4.88 Å². The molecule has 1 aromatic rings. The highest BCUT2D eigenvalue weighted by Gasteiger charge is 2.32. The van der Waals surface area contributed by atoms with Crippen LogP contribution in [0, 0.1) is 5.92 Å². The van der Waals surface area contributed by atoms with E-state index in [1.807, 2.05) is 0 Å². The van der Waals surface area contributed by atoms with Gasteiger partial charge in [0, 0.05) is 19.2 Å². The normalized spacial score (nSPS) is 14.6. The first-order valence-electron chi connectivity index (χ1n) is 7.42. The minimum Gasteiger partial charge on any atom is -0.397 e. The van der Waals surface area contributed by atoms with Crippen molar-refractivity contribution < 1.29 is 4.79 Å². The SMILES string of the molecule is CNC(=O)c1sc(NCCCC(C)C)c(C2CC2)c1N. The van der Waals surface area contributed by atoms with E-state index in [0.29, 0.717) is 16.5 Å². The lowest BCUT2D eigenvalue weighted by molar-refractivity contribution is 0.0968. The predicted molar refractivity (Wildman–Crippen MR) is 86.7 cm³/mol.